The van der Waals surface area contributed by atoms with Crippen LogP contribution in [0.5, 0.6) is 0 Å². The second kappa shape index (κ2) is 38.7. The van der Waals surface area contributed by atoms with Crippen LogP contribution in [0.15, 0.2) is 24.3 Å². The zero-order valence-corrected chi connectivity index (χ0v) is 36.2. The van der Waals surface area contributed by atoms with Crippen LogP contribution in [0.1, 0.15) is 194 Å². The summed E-state index contributed by atoms with van der Waals surface area (Å²) in [5.41, 5.74) is 0. The molecule has 0 saturated carbocycles. The topological polar surface area (TPSA) is 77.1 Å². The number of ether oxygens (including phenoxy) is 2. The van der Waals surface area contributed by atoms with E-state index in [0.29, 0.717) is 30.8 Å². The fraction of sp³-hybridized carbons (Fsp3) is 0.909. The number of phosphoric ester groups is 1. The van der Waals surface area contributed by atoms with Crippen molar-refractivity contribution in [1.82, 2.24) is 0 Å². The van der Waals surface area contributed by atoms with Gasteiger partial charge in [-0.2, -0.15) is 0 Å². The predicted octanol–water partition coefficient (Wildman–Crippen LogP) is 12.7. The molecule has 0 N–H and O–H groups in total. The van der Waals surface area contributed by atoms with E-state index < -0.39 is 13.9 Å². The van der Waals surface area contributed by atoms with Crippen LogP contribution in [0.25, 0.3) is 0 Å². The molecule has 52 heavy (non-hydrogen) atoms. The van der Waals surface area contributed by atoms with Crippen LogP contribution in [0.3, 0.4) is 0 Å². The largest absolute Gasteiger partial charge is 0.756 e. The van der Waals surface area contributed by atoms with Crippen molar-refractivity contribution in [3.8, 4) is 0 Å². The number of rotatable bonds is 42. The fourth-order valence-electron chi connectivity index (χ4n) is 6.05. The average Bonchev–Trinajstić information content (AvgIpc) is 3.10. The molecule has 0 aromatic rings. The highest BCUT2D eigenvalue weighted by atomic mass is 31.2. The van der Waals surface area contributed by atoms with Gasteiger partial charge in [0, 0.05) is 13.2 Å². The summed E-state index contributed by atoms with van der Waals surface area (Å²) in [7, 11) is 1.59. The average molecular weight is 758 g/mol. The van der Waals surface area contributed by atoms with Gasteiger partial charge in [0.25, 0.3) is 7.82 Å². The van der Waals surface area contributed by atoms with Crippen molar-refractivity contribution < 1.29 is 32.5 Å². The van der Waals surface area contributed by atoms with Gasteiger partial charge in [-0.3, -0.25) is 4.57 Å². The summed E-state index contributed by atoms with van der Waals surface area (Å²) in [6, 6.07) is 0. The number of allylic oxidation sites excluding steroid dienone is 4. The molecule has 7 nitrogen and oxygen atoms in total. The normalized spacial score (nSPS) is 14.2. The van der Waals surface area contributed by atoms with Gasteiger partial charge in [-0.15, -0.1) is 0 Å². The molecule has 0 amide bonds. The molecule has 0 aliphatic carbocycles. The summed E-state index contributed by atoms with van der Waals surface area (Å²) in [5, 5.41) is 0. The first-order valence-electron chi connectivity index (χ1n) is 22.1. The quantitative estimate of drug-likeness (QED) is 0.0267. The summed E-state index contributed by atoms with van der Waals surface area (Å²) in [4.78, 5) is 12.4. The number of phosphoric acid groups is 1. The maximum absolute atomic E-state index is 12.4. The number of hydrogen-bond acceptors (Lipinski definition) is 6. The first-order valence-corrected chi connectivity index (χ1v) is 23.6. The zero-order chi connectivity index (χ0) is 38.3. The van der Waals surface area contributed by atoms with Crippen LogP contribution in [0.4, 0.5) is 0 Å². The van der Waals surface area contributed by atoms with Crippen molar-refractivity contribution in [2.75, 3.05) is 60.7 Å². The first kappa shape index (κ1) is 51.5. The van der Waals surface area contributed by atoms with Gasteiger partial charge in [0.15, 0.2) is 0 Å². The summed E-state index contributed by atoms with van der Waals surface area (Å²) >= 11 is 0. The number of likely N-dealkylation sites (N-methyl/N-ethyl adjacent to an activating group) is 1. The minimum absolute atomic E-state index is 0.0784. The molecule has 0 aliphatic heterocycles. The van der Waals surface area contributed by atoms with Crippen LogP contribution in [0, 0.1) is 0 Å². The van der Waals surface area contributed by atoms with Gasteiger partial charge in [0.1, 0.15) is 19.3 Å². The van der Waals surface area contributed by atoms with E-state index in [4.69, 9.17) is 18.5 Å². The third-order valence-electron chi connectivity index (χ3n) is 9.54. The third-order valence-corrected chi connectivity index (χ3v) is 10.5. The lowest BCUT2D eigenvalue weighted by atomic mass is 10.1. The van der Waals surface area contributed by atoms with Gasteiger partial charge in [-0.25, -0.2) is 0 Å². The van der Waals surface area contributed by atoms with Gasteiger partial charge in [0.2, 0.25) is 0 Å². The molecule has 0 rings (SSSR count). The molecule has 0 saturated heterocycles. The highest BCUT2D eigenvalue weighted by Crippen LogP contribution is 2.38. The summed E-state index contributed by atoms with van der Waals surface area (Å²) in [6.45, 7) is 6.70. The van der Waals surface area contributed by atoms with Gasteiger partial charge in [-0.1, -0.05) is 154 Å². The van der Waals surface area contributed by atoms with Crippen molar-refractivity contribution in [2.45, 2.75) is 200 Å². The van der Waals surface area contributed by atoms with Gasteiger partial charge in [0.05, 0.1) is 34.4 Å². The second-order valence-electron chi connectivity index (χ2n) is 16.0. The van der Waals surface area contributed by atoms with E-state index in [2.05, 4.69) is 38.2 Å². The molecule has 310 valence electrons. The van der Waals surface area contributed by atoms with E-state index in [1.807, 2.05) is 21.1 Å². The summed E-state index contributed by atoms with van der Waals surface area (Å²) < 4.78 is 35.3. The Morgan fingerprint density at radius 2 is 0.885 bits per heavy atom. The molecule has 8 heteroatoms. The van der Waals surface area contributed by atoms with Crippen molar-refractivity contribution >= 4 is 7.82 Å². The van der Waals surface area contributed by atoms with Crippen molar-refractivity contribution in [3.63, 3.8) is 0 Å². The van der Waals surface area contributed by atoms with Crippen molar-refractivity contribution in [1.29, 1.82) is 0 Å². The third kappa shape index (κ3) is 42.2. The maximum Gasteiger partial charge on any atom is 0.268 e. The van der Waals surface area contributed by atoms with Crippen LogP contribution < -0.4 is 4.89 Å². The van der Waals surface area contributed by atoms with E-state index in [0.717, 1.165) is 25.7 Å². The highest BCUT2D eigenvalue weighted by Gasteiger charge is 2.18. The molecular formula is C44H88NO6P. The Morgan fingerprint density at radius 3 is 1.31 bits per heavy atom. The maximum atomic E-state index is 12.4. The van der Waals surface area contributed by atoms with Gasteiger partial charge in [-0.05, 0) is 64.2 Å². The van der Waals surface area contributed by atoms with Gasteiger partial charge < -0.3 is 27.9 Å². The molecule has 2 atom stereocenters. The van der Waals surface area contributed by atoms with Crippen LogP contribution in [-0.4, -0.2) is 71.3 Å². The SMILES string of the molecule is CCCCCCCC/C=C/CCCCCCCCOC[C@H](COP(=O)([O-])OCC[N+](C)(C)C)OCCCCCCCC/C=C/CCCCCCCC. The molecule has 0 aromatic carbocycles. The molecule has 0 spiro atoms. The standard InChI is InChI=1S/C44H88NO6P/c1-6-8-10-12-14-16-18-20-22-24-26-28-30-32-34-36-39-48-42-44(43-51-52(46,47)50-41-38-45(3,4)5)49-40-37-35-33-31-29-27-25-23-21-19-17-15-13-11-9-7-2/h20-23,44H,6-19,24-43H2,1-5H3/b22-20+,23-21+/t44-/m1/s1. The first-order chi connectivity index (χ1) is 25.2. The molecule has 0 heterocycles. The van der Waals surface area contributed by atoms with E-state index >= 15 is 0 Å². The van der Waals surface area contributed by atoms with Crippen LogP contribution in [0.2, 0.25) is 0 Å². The van der Waals surface area contributed by atoms with E-state index in [-0.39, 0.29) is 13.2 Å². The minimum Gasteiger partial charge on any atom is -0.756 e. The highest BCUT2D eigenvalue weighted by molar-refractivity contribution is 7.45. The van der Waals surface area contributed by atoms with Crippen molar-refractivity contribution in [3.05, 3.63) is 24.3 Å². The lowest BCUT2D eigenvalue weighted by Gasteiger charge is -2.28. The Bertz CT molecular complexity index is 830. The van der Waals surface area contributed by atoms with E-state index in [1.165, 1.54) is 154 Å². The number of unbranched alkanes of at least 4 members (excludes halogenated alkanes) is 24. The number of hydrogen-bond donors (Lipinski definition) is 0. The lowest BCUT2D eigenvalue weighted by molar-refractivity contribution is -0.870. The molecular weight excluding hydrogens is 669 g/mol. The smallest absolute Gasteiger partial charge is 0.268 e. The Hall–Kier alpha value is -0.530. The molecule has 0 bridgehead atoms. The predicted molar refractivity (Wildman–Crippen MR) is 222 cm³/mol. The van der Waals surface area contributed by atoms with Crippen LogP contribution >= 0.6 is 7.82 Å². The van der Waals surface area contributed by atoms with E-state index in [1.54, 1.807) is 0 Å². The Labute approximate surface area is 324 Å². The zero-order valence-electron chi connectivity index (χ0n) is 35.3. The lowest BCUT2D eigenvalue weighted by Crippen LogP contribution is -2.37. The summed E-state index contributed by atoms with van der Waals surface area (Å²) in [5.74, 6) is 0. The number of quaternary nitrogens is 1. The molecule has 0 fully saturated rings. The van der Waals surface area contributed by atoms with Crippen molar-refractivity contribution in [2.24, 2.45) is 0 Å². The fourth-order valence-corrected chi connectivity index (χ4v) is 6.78. The second-order valence-corrected chi connectivity index (χ2v) is 17.4. The number of nitrogens with zero attached hydrogens (tertiary/aromatic N) is 1. The molecule has 0 aromatic heterocycles. The summed E-state index contributed by atoms with van der Waals surface area (Å²) in [6.07, 6.45) is 44.7. The van der Waals surface area contributed by atoms with Gasteiger partial charge >= 0.3 is 0 Å². The molecule has 1 unspecified atom stereocenters. The Morgan fingerprint density at radius 1 is 0.500 bits per heavy atom. The Kier molecular flexibility index (Phi) is 38.3. The molecule has 0 radical (unpaired) electrons. The molecule has 0 aliphatic rings. The monoisotopic (exact) mass is 758 g/mol. The van der Waals surface area contributed by atoms with E-state index in [9.17, 15) is 9.46 Å². The Balaban J connectivity index is 4.11. The van der Waals surface area contributed by atoms with Crippen LogP contribution in [-0.2, 0) is 23.1 Å². The minimum atomic E-state index is -4.39.